The molecule has 1 aliphatic rings. The number of hydrogen-bond donors (Lipinski definition) is 2. The fourth-order valence-corrected chi connectivity index (χ4v) is 1.95. The van der Waals surface area contributed by atoms with Gasteiger partial charge in [0.1, 0.15) is 5.75 Å². The Morgan fingerprint density at radius 2 is 1.94 bits per heavy atom. The SMILES string of the molecule is O=C(O)c1nnn(-c2ccc(O)cc2)c1C1CC1. The third-order valence-corrected chi connectivity index (χ3v) is 2.97. The van der Waals surface area contributed by atoms with Gasteiger partial charge in [0, 0.05) is 5.92 Å². The molecular formula is C12H11N3O3. The molecule has 0 atom stereocenters. The number of aromatic carboxylic acids is 1. The van der Waals surface area contributed by atoms with E-state index in [1.165, 1.54) is 12.1 Å². The van der Waals surface area contributed by atoms with Gasteiger partial charge in [-0.1, -0.05) is 5.21 Å². The Bertz CT molecular complexity index is 600. The third kappa shape index (κ3) is 1.71. The van der Waals surface area contributed by atoms with Crippen LogP contribution in [0.1, 0.15) is 34.9 Å². The van der Waals surface area contributed by atoms with Crippen LogP contribution in [0.5, 0.6) is 5.75 Å². The summed E-state index contributed by atoms with van der Waals surface area (Å²) < 4.78 is 1.54. The summed E-state index contributed by atoms with van der Waals surface area (Å²) in [6.07, 6.45) is 1.93. The van der Waals surface area contributed by atoms with Crippen LogP contribution in [0.25, 0.3) is 5.69 Å². The Hall–Kier alpha value is -2.37. The molecule has 1 aliphatic carbocycles. The standard InChI is InChI=1S/C12H11N3O3/c16-9-5-3-8(4-6-9)15-11(7-1-2-7)10(12(17)18)13-14-15/h3-7,16H,1-2H2,(H,17,18). The van der Waals surface area contributed by atoms with Crippen molar-refractivity contribution in [1.82, 2.24) is 15.0 Å². The predicted octanol–water partition coefficient (Wildman–Crippen LogP) is 1.55. The minimum atomic E-state index is -1.05. The predicted molar refractivity (Wildman–Crippen MR) is 62.0 cm³/mol. The molecule has 18 heavy (non-hydrogen) atoms. The molecule has 0 bridgehead atoms. The molecule has 92 valence electrons. The van der Waals surface area contributed by atoms with Crippen molar-refractivity contribution in [3.05, 3.63) is 35.7 Å². The van der Waals surface area contributed by atoms with Crippen LogP contribution in [-0.2, 0) is 0 Å². The number of benzene rings is 1. The Labute approximate surface area is 102 Å². The summed E-state index contributed by atoms with van der Waals surface area (Å²) in [4.78, 5) is 11.1. The van der Waals surface area contributed by atoms with Gasteiger partial charge in [0.15, 0.2) is 5.69 Å². The molecule has 1 aromatic heterocycles. The van der Waals surface area contributed by atoms with Gasteiger partial charge in [0.25, 0.3) is 0 Å². The van der Waals surface area contributed by atoms with Gasteiger partial charge in [-0.2, -0.15) is 0 Å². The first-order valence-electron chi connectivity index (χ1n) is 5.65. The summed E-state index contributed by atoms with van der Waals surface area (Å²) in [6.45, 7) is 0. The van der Waals surface area contributed by atoms with Crippen molar-refractivity contribution < 1.29 is 15.0 Å². The van der Waals surface area contributed by atoms with E-state index < -0.39 is 5.97 Å². The maximum Gasteiger partial charge on any atom is 0.358 e. The van der Waals surface area contributed by atoms with E-state index in [2.05, 4.69) is 10.3 Å². The molecule has 3 rings (SSSR count). The molecule has 2 aromatic rings. The summed E-state index contributed by atoms with van der Waals surface area (Å²) in [5.74, 6) is -0.674. The lowest BCUT2D eigenvalue weighted by atomic mass is 10.2. The number of carboxylic acid groups (broad SMARTS) is 1. The van der Waals surface area contributed by atoms with Gasteiger partial charge in [-0.05, 0) is 37.1 Å². The quantitative estimate of drug-likeness (QED) is 0.856. The number of carboxylic acids is 1. The molecule has 0 spiro atoms. The molecule has 6 nitrogen and oxygen atoms in total. The second-order valence-electron chi connectivity index (χ2n) is 4.33. The van der Waals surface area contributed by atoms with Gasteiger partial charge in [-0.3, -0.25) is 0 Å². The van der Waals surface area contributed by atoms with Gasteiger partial charge in [-0.15, -0.1) is 5.10 Å². The number of hydrogen-bond acceptors (Lipinski definition) is 4. The van der Waals surface area contributed by atoms with E-state index in [1.54, 1.807) is 16.8 Å². The summed E-state index contributed by atoms with van der Waals surface area (Å²) in [6, 6.07) is 6.44. The number of rotatable bonds is 3. The van der Waals surface area contributed by atoms with E-state index in [4.69, 9.17) is 5.11 Å². The van der Waals surface area contributed by atoms with E-state index >= 15 is 0 Å². The molecule has 0 aliphatic heterocycles. The summed E-state index contributed by atoms with van der Waals surface area (Å²) in [5, 5.41) is 26.0. The van der Waals surface area contributed by atoms with Crippen LogP contribution in [0.4, 0.5) is 0 Å². The molecular weight excluding hydrogens is 234 g/mol. The lowest BCUT2D eigenvalue weighted by molar-refractivity contribution is 0.0689. The maximum absolute atomic E-state index is 11.1. The van der Waals surface area contributed by atoms with E-state index in [0.717, 1.165) is 12.8 Å². The van der Waals surface area contributed by atoms with Crippen molar-refractivity contribution in [2.45, 2.75) is 18.8 Å². The van der Waals surface area contributed by atoms with Gasteiger partial charge in [0.05, 0.1) is 11.4 Å². The van der Waals surface area contributed by atoms with E-state index in [9.17, 15) is 9.90 Å². The van der Waals surface area contributed by atoms with Gasteiger partial charge in [-0.25, -0.2) is 9.48 Å². The van der Waals surface area contributed by atoms with E-state index in [1.807, 2.05) is 0 Å². The van der Waals surface area contributed by atoms with Gasteiger partial charge < -0.3 is 10.2 Å². The summed E-state index contributed by atoms with van der Waals surface area (Å²) >= 11 is 0. The van der Waals surface area contributed by atoms with Crippen LogP contribution < -0.4 is 0 Å². The lowest BCUT2D eigenvalue weighted by Gasteiger charge is -2.05. The highest BCUT2D eigenvalue weighted by Crippen LogP contribution is 2.41. The van der Waals surface area contributed by atoms with E-state index in [0.29, 0.717) is 11.4 Å². The maximum atomic E-state index is 11.1. The first-order chi connectivity index (χ1) is 8.66. The minimum Gasteiger partial charge on any atom is -0.508 e. The number of aromatic hydroxyl groups is 1. The summed E-state index contributed by atoms with van der Waals surface area (Å²) in [5.41, 5.74) is 1.37. The van der Waals surface area contributed by atoms with Crippen molar-refractivity contribution in [2.75, 3.05) is 0 Å². The minimum absolute atomic E-state index is 0.0191. The Morgan fingerprint density at radius 1 is 1.28 bits per heavy atom. The monoisotopic (exact) mass is 245 g/mol. The average molecular weight is 245 g/mol. The Balaban J connectivity index is 2.11. The zero-order valence-electron chi connectivity index (χ0n) is 9.45. The molecule has 0 saturated heterocycles. The zero-order valence-corrected chi connectivity index (χ0v) is 9.45. The Kier molecular flexibility index (Phi) is 2.29. The van der Waals surface area contributed by atoms with Crippen molar-refractivity contribution in [3.8, 4) is 11.4 Å². The van der Waals surface area contributed by atoms with Gasteiger partial charge >= 0.3 is 5.97 Å². The molecule has 1 fully saturated rings. The van der Waals surface area contributed by atoms with Crippen molar-refractivity contribution in [1.29, 1.82) is 0 Å². The van der Waals surface area contributed by atoms with Crippen LogP contribution in [0.3, 0.4) is 0 Å². The second-order valence-corrected chi connectivity index (χ2v) is 4.33. The number of phenols is 1. The largest absolute Gasteiger partial charge is 0.508 e. The first-order valence-corrected chi connectivity index (χ1v) is 5.65. The van der Waals surface area contributed by atoms with Crippen LogP contribution >= 0.6 is 0 Å². The molecule has 1 saturated carbocycles. The highest BCUT2D eigenvalue weighted by molar-refractivity contribution is 5.87. The van der Waals surface area contributed by atoms with Crippen LogP contribution in [0.15, 0.2) is 24.3 Å². The first kappa shape index (κ1) is 10.8. The average Bonchev–Trinajstić information content (AvgIpc) is 3.09. The molecule has 0 radical (unpaired) electrons. The number of carbonyl (C=O) groups is 1. The number of aromatic nitrogens is 3. The number of phenolic OH excluding ortho intramolecular Hbond substituents is 1. The molecule has 6 heteroatoms. The van der Waals surface area contributed by atoms with E-state index in [-0.39, 0.29) is 17.4 Å². The lowest BCUT2D eigenvalue weighted by Crippen LogP contribution is -2.05. The second kappa shape index (κ2) is 3.83. The molecule has 1 heterocycles. The number of nitrogens with zero attached hydrogens (tertiary/aromatic N) is 3. The van der Waals surface area contributed by atoms with Crippen molar-refractivity contribution in [2.24, 2.45) is 0 Å². The Morgan fingerprint density at radius 3 is 2.50 bits per heavy atom. The molecule has 1 aromatic carbocycles. The van der Waals surface area contributed by atoms with Crippen LogP contribution in [-0.4, -0.2) is 31.2 Å². The highest BCUT2D eigenvalue weighted by Gasteiger charge is 2.34. The summed E-state index contributed by atoms with van der Waals surface area (Å²) in [7, 11) is 0. The normalized spacial score (nSPS) is 14.7. The third-order valence-electron chi connectivity index (χ3n) is 2.97. The zero-order chi connectivity index (χ0) is 12.7. The fourth-order valence-electron chi connectivity index (χ4n) is 1.95. The molecule has 0 amide bonds. The smallest absolute Gasteiger partial charge is 0.358 e. The highest BCUT2D eigenvalue weighted by atomic mass is 16.4. The van der Waals surface area contributed by atoms with Crippen LogP contribution in [0, 0.1) is 0 Å². The van der Waals surface area contributed by atoms with Crippen molar-refractivity contribution in [3.63, 3.8) is 0 Å². The molecule has 2 N–H and O–H groups in total. The van der Waals surface area contributed by atoms with Gasteiger partial charge in [0.2, 0.25) is 0 Å². The van der Waals surface area contributed by atoms with Crippen LogP contribution in [0.2, 0.25) is 0 Å². The fraction of sp³-hybridized carbons (Fsp3) is 0.250. The molecule has 0 unspecified atom stereocenters. The van der Waals surface area contributed by atoms with Crippen molar-refractivity contribution >= 4 is 5.97 Å². The topological polar surface area (TPSA) is 88.2 Å².